The molecule has 1 amide bonds. The van der Waals surface area contributed by atoms with Gasteiger partial charge < -0.3 is 0 Å². The van der Waals surface area contributed by atoms with Gasteiger partial charge in [0.1, 0.15) is 0 Å². The minimum absolute atomic E-state index is 0.0243. The monoisotopic (exact) mass is 467 g/mol. The molecule has 8 heteroatoms. The number of amides is 1. The van der Waals surface area contributed by atoms with Gasteiger partial charge in [-0.1, -0.05) is 71.1 Å². The first-order valence-corrected chi connectivity index (χ1v) is 14.2. The molecule has 0 rings (SSSR count). The minimum atomic E-state index is -4.04. The third-order valence-electron chi connectivity index (χ3n) is 5.65. The molecule has 0 fully saturated rings. The summed E-state index contributed by atoms with van der Waals surface area (Å²) in [5, 5.41) is 12.2. The van der Waals surface area contributed by atoms with Gasteiger partial charge in [-0.15, -0.1) is 0 Å². The van der Waals surface area contributed by atoms with Gasteiger partial charge in [0.2, 0.25) is 0 Å². The van der Waals surface area contributed by atoms with E-state index in [-0.39, 0.29) is 25.0 Å². The molecule has 0 aromatic carbocycles. The molecule has 0 aromatic rings. The second kappa shape index (κ2) is 21.5. The van der Waals surface area contributed by atoms with Crippen LogP contribution < -0.4 is 5.32 Å². The molecule has 0 spiro atoms. The summed E-state index contributed by atoms with van der Waals surface area (Å²) in [4.78, 5) is 30.6. The Morgan fingerprint density at radius 3 is 1.87 bits per heavy atom. The Balaban J connectivity index is 3.44. The summed E-state index contributed by atoms with van der Waals surface area (Å²) in [6, 6.07) is 0. The van der Waals surface area contributed by atoms with E-state index in [0.29, 0.717) is 25.8 Å². The molecule has 0 heterocycles. The van der Waals surface area contributed by atoms with E-state index in [0.717, 1.165) is 12.8 Å². The van der Waals surface area contributed by atoms with Crippen molar-refractivity contribution < 1.29 is 28.7 Å². The molecule has 1 unspecified atom stereocenters. The van der Waals surface area contributed by atoms with Crippen molar-refractivity contribution in [3.8, 4) is 0 Å². The molecule has 188 valence electrons. The Bertz CT molecular complexity index is 412. The van der Waals surface area contributed by atoms with Crippen molar-refractivity contribution in [2.45, 2.75) is 110 Å². The van der Waals surface area contributed by atoms with Gasteiger partial charge in [0.25, 0.3) is 0 Å². The van der Waals surface area contributed by atoms with Crippen molar-refractivity contribution in [2.75, 3.05) is 26.9 Å². The van der Waals surface area contributed by atoms with Gasteiger partial charge in [-0.2, -0.15) is 0 Å². The number of hydrogen-bond acceptors (Lipinski definition) is 6. The van der Waals surface area contributed by atoms with E-state index in [1.807, 2.05) is 0 Å². The number of hydrogen-bond donors (Lipinski definition) is 4. The standard InChI is InChI=1S/C23H50NO6P/c1-3-4-5-6-7-8-9-10-11-12-13-14-15-18-23(26)24-19-16-17-22(20-25)21-30-31(27,28)29-2/h22,25,27-28,31H,3-21H2,1-2H3,(H,24,26). The van der Waals surface area contributed by atoms with Crippen molar-refractivity contribution in [1.29, 1.82) is 0 Å². The summed E-state index contributed by atoms with van der Waals surface area (Å²) < 4.78 is 9.40. The molecule has 0 saturated heterocycles. The Hall–Kier alpha value is -0.300. The first kappa shape index (κ1) is 30.7. The van der Waals surface area contributed by atoms with E-state index in [4.69, 9.17) is 4.52 Å². The van der Waals surface area contributed by atoms with E-state index in [1.54, 1.807) is 0 Å². The SMILES string of the molecule is CCCCCCCCCCCCCCCC(=O)NCCCC(CO)CO[PH](O)(O)OC. The van der Waals surface area contributed by atoms with Gasteiger partial charge in [-0.3, -0.25) is 0 Å². The Kier molecular flexibility index (Phi) is 21.3. The summed E-state index contributed by atoms with van der Waals surface area (Å²) in [6.07, 6.45) is 18.7. The van der Waals surface area contributed by atoms with E-state index >= 15 is 0 Å². The molecule has 0 bridgehead atoms. The van der Waals surface area contributed by atoms with Crippen LogP contribution in [0.4, 0.5) is 0 Å². The number of rotatable bonds is 23. The Labute approximate surface area is 191 Å². The molecule has 0 aliphatic heterocycles. The summed E-state index contributed by atoms with van der Waals surface area (Å²) in [7, 11) is -2.87. The average molecular weight is 468 g/mol. The van der Waals surface area contributed by atoms with Crippen LogP contribution in [0.5, 0.6) is 0 Å². The van der Waals surface area contributed by atoms with Crippen molar-refractivity contribution in [2.24, 2.45) is 5.92 Å². The fraction of sp³-hybridized carbons (Fsp3) is 0.957. The van der Waals surface area contributed by atoms with Crippen molar-refractivity contribution in [3.63, 3.8) is 0 Å². The number of aliphatic hydroxyl groups excluding tert-OH is 1. The van der Waals surface area contributed by atoms with Crippen LogP contribution in [-0.2, 0) is 13.8 Å². The number of unbranched alkanes of at least 4 members (excludes halogenated alkanes) is 12. The molecule has 0 aromatic heterocycles. The molecule has 1 atom stereocenters. The normalized spacial score (nSPS) is 13.3. The molecule has 7 nitrogen and oxygen atoms in total. The summed E-state index contributed by atoms with van der Waals surface area (Å²) >= 11 is 0. The number of aliphatic hydroxyl groups is 1. The maximum atomic E-state index is 11.9. The number of carbonyl (C=O) groups is 1. The fourth-order valence-electron chi connectivity index (χ4n) is 3.52. The second-order valence-electron chi connectivity index (χ2n) is 8.60. The van der Waals surface area contributed by atoms with Crippen LogP contribution in [0.15, 0.2) is 0 Å². The Morgan fingerprint density at radius 2 is 1.39 bits per heavy atom. The van der Waals surface area contributed by atoms with E-state index in [9.17, 15) is 19.7 Å². The van der Waals surface area contributed by atoms with Crippen molar-refractivity contribution >= 4 is 14.1 Å². The molecular formula is C23H50NO6P. The van der Waals surface area contributed by atoms with E-state index in [2.05, 4.69) is 16.8 Å². The number of nitrogens with one attached hydrogen (secondary N) is 1. The topological polar surface area (TPSA) is 108 Å². The second-order valence-corrected chi connectivity index (χ2v) is 10.4. The van der Waals surface area contributed by atoms with Crippen molar-refractivity contribution in [3.05, 3.63) is 0 Å². The van der Waals surface area contributed by atoms with Crippen LogP contribution in [-0.4, -0.2) is 47.7 Å². The Morgan fingerprint density at radius 1 is 0.871 bits per heavy atom. The predicted octanol–water partition coefficient (Wildman–Crippen LogP) is 5.03. The van der Waals surface area contributed by atoms with Gasteiger partial charge in [0.15, 0.2) is 0 Å². The van der Waals surface area contributed by atoms with Gasteiger partial charge in [0.05, 0.1) is 0 Å². The van der Waals surface area contributed by atoms with Crippen LogP contribution in [0.25, 0.3) is 0 Å². The van der Waals surface area contributed by atoms with Gasteiger partial charge >= 0.3 is 119 Å². The molecular weight excluding hydrogens is 417 g/mol. The fourth-order valence-corrected chi connectivity index (χ4v) is 4.09. The number of carbonyl (C=O) groups excluding carboxylic acids is 1. The molecule has 0 aliphatic rings. The first-order valence-electron chi connectivity index (χ1n) is 12.5. The van der Waals surface area contributed by atoms with Crippen LogP contribution >= 0.6 is 8.17 Å². The van der Waals surface area contributed by atoms with Crippen LogP contribution in [0.2, 0.25) is 0 Å². The quantitative estimate of drug-likeness (QED) is 0.124. The zero-order valence-electron chi connectivity index (χ0n) is 20.1. The summed E-state index contributed by atoms with van der Waals surface area (Å²) in [5.74, 6) is -0.129. The summed E-state index contributed by atoms with van der Waals surface area (Å²) in [6.45, 7) is 2.73. The van der Waals surface area contributed by atoms with Crippen molar-refractivity contribution in [1.82, 2.24) is 5.32 Å². The van der Waals surface area contributed by atoms with E-state index < -0.39 is 8.17 Å². The van der Waals surface area contributed by atoms with Crippen LogP contribution in [0.3, 0.4) is 0 Å². The molecule has 4 N–H and O–H groups in total. The van der Waals surface area contributed by atoms with E-state index in [1.165, 1.54) is 77.7 Å². The molecule has 0 saturated carbocycles. The molecule has 31 heavy (non-hydrogen) atoms. The van der Waals surface area contributed by atoms with Crippen LogP contribution in [0.1, 0.15) is 110 Å². The third kappa shape index (κ3) is 21.3. The van der Waals surface area contributed by atoms with Crippen LogP contribution in [0, 0.1) is 5.92 Å². The molecule has 0 radical (unpaired) electrons. The third-order valence-corrected chi connectivity index (χ3v) is 6.72. The zero-order chi connectivity index (χ0) is 23.2. The summed E-state index contributed by atoms with van der Waals surface area (Å²) in [5.41, 5.74) is 0. The first-order chi connectivity index (χ1) is 14.9. The maximum absolute atomic E-state index is 11.9. The zero-order valence-corrected chi connectivity index (χ0v) is 21.1. The van der Waals surface area contributed by atoms with Gasteiger partial charge in [-0.05, 0) is 0 Å². The van der Waals surface area contributed by atoms with Gasteiger partial charge in [0, 0.05) is 0 Å². The van der Waals surface area contributed by atoms with Gasteiger partial charge in [-0.25, -0.2) is 0 Å². The predicted molar refractivity (Wildman–Crippen MR) is 129 cm³/mol. The average Bonchev–Trinajstić information content (AvgIpc) is 2.76. The molecule has 0 aliphatic carbocycles.